The van der Waals surface area contributed by atoms with Crippen molar-refractivity contribution >= 4 is 6.29 Å². The molecule has 0 aromatic heterocycles. The SMILES string of the molecule is CC[N+](C)(CC)CCCCCCCCCC=O.[I-]. The molecule has 110 valence electrons. The van der Waals surface area contributed by atoms with Gasteiger partial charge in [0, 0.05) is 6.42 Å². The van der Waals surface area contributed by atoms with Crippen molar-refractivity contribution in [3.63, 3.8) is 0 Å². The van der Waals surface area contributed by atoms with Crippen molar-refractivity contribution in [1.82, 2.24) is 0 Å². The third kappa shape index (κ3) is 11.5. The van der Waals surface area contributed by atoms with Gasteiger partial charge in [-0.05, 0) is 33.1 Å². The molecule has 0 bridgehead atoms. The van der Waals surface area contributed by atoms with E-state index >= 15 is 0 Å². The Morgan fingerprint density at radius 3 is 1.72 bits per heavy atom. The molecule has 0 N–H and O–H groups in total. The molecule has 0 radical (unpaired) electrons. The van der Waals surface area contributed by atoms with Crippen LogP contribution in [0.3, 0.4) is 0 Å². The number of hydrogen-bond acceptors (Lipinski definition) is 1. The van der Waals surface area contributed by atoms with Crippen LogP contribution in [0.4, 0.5) is 0 Å². The maximum absolute atomic E-state index is 10.1. The number of aldehydes is 1. The first kappa shape index (κ1) is 20.7. The number of quaternary nitrogens is 1. The normalized spacial score (nSPS) is 11.1. The van der Waals surface area contributed by atoms with E-state index in [9.17, 15) is 4.79 Å². The van der Waals surface area contributed by atoms with E-state index in [4.69, 9.17) is 0 Å². The Morgan fingerprint density at radius 2 is 1.28 bits per heavy atom. The number of carbonyl (C=O) groups excluding carboxylic acids is 1. The number of rotatable bonds is 12. The predicted molar refractivity (Wildman–Crippen MR) is 75.1 cm³/mol. The number of halogens is 1. The molecule has 3 heteroatoms. The van der Waals surface area contributed by atoms with Crippen molar-refractivity contribution in [1.29, 1.82) is 0 Å². The summed E-state index contributed by atoms with van der Waals surface area (Å²) in [7, 11) is 2.36. The molecular weight excluding hydrogens is 337 g/mol. The van der Waals surface area contributed by atoms with Crippen LogP contribution in [0.25, 0.3) is 0 Å². The van der Waals surface area contributed by atoms with Crippen LogP contribution in [0.2, 0.25) is 0 Å². The average Bonchev–Trinajstić information content (AvgIpc) is 2.36. The van der Waals surface area contributed by atoms with E-state index in [1.807, 2.05) is 0 Å². The second-order valence-corrected chi connectivity index (χ2v) is 5.41. The summed E-state index contributed by atoms with van der Waals surface area (Å²) in [5.41, 5.74) is 0. The molecule has 0 spiro atoms. The van der Waals surface area contributed by atoms with Crippen molar-refractivity contribution in [2.24, 2.45) is 0 Å². The predicted octanol–water partition coefficient (Wildman–Crippen LogP) is 0.797. The van der Waals surface area contributed by atoms with Crippen molar-refractivity contribution < 1.29 is 33.3 Å². The van der Waals surface area contributed by atoms with Crippen molar-refractivity contribution in [3.05, 3.63) is 0 Å². The number of nitrogens with zero attached hydrogens (tertiary/aromatic N) is 1. The van der Waals surface area contributed by atoms with Gasteiger partial charge in [-0.1, -0.05) is 25.7 Å². The zero-order valence-corrected chi connectivity index (χ0v) is 14.7. The van der Waals surface area contributed by atoms with Gasteiger partial charge in [0.15, 0.2) is 0 Å². The van der Waals surface area contributed by atoms with Crippen LogP contribution in [-0.4, -0.2) is 37.5 Å². The molecule has 0 atom stereocenters. The first-order chi connectivity index (χ1) is 8.18. The Bertz CT molecular complexity index is 181. The van der Waals surface area contributed by atoms with Crippen LogP contribution >= 0.6 is 0 Å². The third-order valence-corrected chi connectivity index (χ3v) is 4.05. The summed E-state index contributed by atoms with van der Waals surface area (Å²) in [5.74, 6) is 0. The highest BCUT2D eigenvalue weighted by Crippen LogP contribution is 2.10. The summed E-state index contributed by atoms with van der Waals surface area (Å²) < 4.78 is 1.22. The number of hydrogen-bond donors (Lipinski definition) is 0. The maximum Gasteiger partial charge on any atom is 0.119 e. The van der Waals surface area contributed by atoms with Crippen LogP contribution in [0.15, 0.2) is 0 Å². The molecular formula is C15H32INO. The fraction of sp³-hybridized carbons (Fsp3) is 0.933. The maximum atomic E-state index is 10.1. The molecule has 0 unspecified atom stereocenters. The number of unbranched alkanes of at least 4 members (excludes halogenated alkanes) is 7. The van der Waals surface area contributed by atoms with Crippen molar-refractivity contribution in [2.45, 2.75) is 65.2 Å². The minimum Gasteiger partial charge on any atom is -1.00 e. The summed E-state index contributed by atoms with van der Waals surface area (Å²) in [5, 5.41) is 0. The van der Waals surface area contributed by atoms with Gasteiger partial charge in [0.2, 0.25) is 0 Å². The number of carbonyl (C=O) groups is 1. The molecule has 0 aromatic carbocycles. The topological polar surface area (TPSA) is 17.1 Å². The van der Waals surface area contributed by atoms with E-state index in [1.54, 1.807) is 0 Å². The zero-order valence-electron chi connectivity index (χ0n) is 12.6. The zero-order chi connectivity index (χ0) is 13.0. The van der Waals surface area contributed by atoms with Crippen LogP contribution < -0.4 is 24.0 Å². The monoisotopic (exact) mass is 369 g/mol. The Kier molecular flexibility index (Phi) is 15.8. The Morgan fingerprint density at radius 1 is 0.833 bits per heavy atom. The summed E-state index contributed by atoms with van der Waals surface area (Å²) in [4.78, 5) is 10.1. The smallest absolute Gasteiger partial charge is 0.119 e. The first-order valence-electron chi connectivity index (χ1n) is 7.45. The lowest BCUT2D eigenvalue weighted by atomic mass is 10.1. The highest BCUT2D eigenvalue weighted by atomic mass is 127. The second kappa shape index (κ2) is 13.8. The molecule has 18 heavy (non-hydrogen) atoms. The molecule has 0 aliphatic heterocycles. The van der Waals surface area contributed by atoms with Crippen LogP contribution in [-0.2, 0) is 4.79 Å². The summed E-state index contributed by atoms with van der Waals surface area (Å²) in [6.45, 7) is 8.41. The van der Waals surface area contributed by atoms with Gasteiger partial charge in [-0.2, -0.15) is 0 Å². The lowest BCUT2D eigenvalue weighted by Gasteiger charge is -2.32. The van der Waals surface area contributed by atoms with E-state index in [-0.39, 0.29) is 24.0 Å². The van der Waals surface area contributed by atoms with E-state index in [2.05, 4.69) is 20.9 Å². The lowest BCUT2D eigenvalue weighted by Crippen LogP contribution is -3.00. The Balaban J connectivity index is 0. The molecule has 2 nitrogen and oxygen atoms in total. The quantitative estimate of drug-likeness (QED) is 0.215. The van der Waals surface area contributed by atoms with Gasteiger partial charge in [0.05, 0.1) is 26.7 Å². The van der Waals surface area contributed by atoms with Gasteiger partial charge in [-0.3, -0.25) is 0 Å². The van der Waals surface area contributed by atoms with E-state index in [0.29, 0.717) is 0 Å². The molecule has 0 aliphatic carbocycles. The summed E-state index contributed by atoms with van der Waals surface area (Å²) in [6.07, 6.45) is 10.9. The van der Waals surface area contributed by atoms with Crippen LogP contribution in [0.1, 0.15) is 65.2 Å². The molecule has 0 amide bonds. The van der Waals surface area contributed by atoms with E-state index in [1.165, 1.54) is 62.6 Å². The Hall–Kier alpha value is 0.360. The molecule has 0 aromatic rings. The standard InChI is InChI=1S/C15H32NO.HI/c1-4-16(3,5-2)14-12-10-8-6-7-9-11-13-15-17;/h15H,4-14H2,1-3H3;1H/q+1;/p-1. The van der Waals surface area contributed by atoms with Gasteiger partial charge < -0.3 is 33.3 Å². The molecule has 0 saturated heterocycles. The first-order valence-corrected chi connectivity index (χ1v) is 7.45. The minimum absolute atomic E-state index is 0. The van der Waals surface area contributed by atoms with Crippen molar-refractivity contribution in [2.75, 3.05) is 26.7 Å². The van der Waals surface area contributed by atoms with Crippen molar-refractivity contribution in [3.8, 4) is 0 Å². The largest absolute Gasteiger partial charge is 1.00 e. The molecule has 0 aliphatic rings. The summed E-state index contributed by atoms with van der Waals surface area (Å²) >= 11 is 0. The van der Waals surface area contributed by atoms with Gasteiger partial charge in [-0.15, -0.1) is 0 Å². The van der Waals surface area contributed by atoms with Gasteiger partial charge in [0.1, 0.15) is 6.29 Å². The summed E-state index contributed by atoms with van der Waals surface area (Å²) in [6, 6.07) is 0. The molecule has 0 rings (SSSR count). The molecule has 0 heterocycles. The fourth-order valence-electron chi connectivity index (χ4n) is 2.14. The average molecular weight is 369 g/mol. The molecule has 0 saturated carbocycles. The van der Waals surface area contributed by atoms with Gasteiger partial charge in [0.25, 0.3) is 0 Å². The Labute approximate surface area is 131 Å². The highest BCUT2D eigenvalue weighted by Gasteiger charge is 2.14. The third-order valence-electron chi connectivity index (χ3n) is 4.05. The van der Waals surface area contributed by atoms with Gasteiger partial charge >= 0.3 is 0 Å². The van der Waals surface area contributed by atoms with E-state index < -0.39 is 0 Å². The van der Waals surface area contributed by atoms with Crippen LogP contribution in [0.5, 0.6) is 0 Å². The second-order valence-electron chi connectivity index (χ2n) is 5.41. The lowest BCUT2D eigenvalue weighted by molar-refractivity contribution is -0.906. The van der Waals surface area contributed by atoms with Gasteiger partial charge in [-0.25, -0.2) is 0 Å². The minimum atomic E-state index is 0. The van der Waals surface area contributed by atoms with E-state index in [0.717, 1.165) is 19.1 Å². The van der Waals surface area contributed by atoms with Crippen LogP contribution in [0, 0.1) is 0 Å². The highest BCUT2D eigenvalue weighted by molar-refractivity contribution is 5.48. The fourth-order valence-corrected chi connectivity index (χ4v) is 2.14. The molecule has 0 fully saturated rings.